The summed E-state index contributed by atoms with van der Waals surface area (Å²) in [6.45, 7) is 0.526. The maximum atomic E-state index is 14.2. The Morgan fingerprint density at radius 3 is 2.35 bits per heavy atom. The number of hydrogen-bond acceptors (Lipinski definition) is 4. The third kappa shape index (κ3) is 3.49. The molecule has 1 aromatic rings. The predicted octanol–water partition coefficient (Wildman–Crippen LogP) is 2.51. The van der Waals surface area contributed by atoms with Gasteiger partial charge >= 0.3 is 0 Å². The third-order valence-electron chi connectivity index (χ3n) is 5.37. The Kier molecular flexibility index (Phi) is 5.62. The van der Waals surface area contributed by atoms with Crippen molar-refractivity contribution in [2.75, 3.05) is 13.1 Å². The van der Waals surface area contributed by atoms with Gasteiger partial charge in [-0.15, -0.1) is 0 Å². The number of hydrogen-bond donors (Lipinski definition) is 2. The molecule has 2 aliphatic rings. The summed E-state index contributed by atoms with van der Waals surface area (Å²) in [6.07, 6.45) is 4.95. The highest BCUT2D eigenvalue weighted by Crippen LogP contribution is 2.34. The van der Waals surface area contributed by atoms with Gasteiger partial charge in [0, 0.05) is 12.5 Å². The van der Waals surface area contributed by atoms with Crippen LogP contribution in [0.3, 0.4) is 0 Å². The molecule has 1 saturated heterocycles. The second-order valence-electron chi connectivity index (χ2n) is 7.15. The van der Waals surface area contributed by atoms with E-state index in [2.05, 4.69) is 10.6 Å². The molecule has 1 aliphatic heterocycles. The zero-order valence-corrected chi connectivity index (χ0v) is 15.4. The highest BCUT2D eigenvalue weighted by atomic mass is 32.2. The zero-order chi connectivity index (χ0) is 18.8. The van der Waals surface area contributed by atoms with E-state index >= 15 is 0 Å². The van der Waals surface area contributed by atoms with E-state index in [4.69, 9.17) is 0 Å². The Morgan fingerprint density at radius 2 is 1.77 bits per heavy atom. The van der Waals surface area contributed by atoms with Crippen LogP contribution in [0.1, 0.15) is 44.9 Å². The Bertz CT molecular complexity index is 750. The van der Waals surface area contributed by atoms with Gasteiger partial charge in [-0.05, 0) is 44.4 Å². The minimum Gasteiger partial charge on any atom is -0.335 e. The molecule has 5 nitrogen and oxygen atoms in total. The number of amides is 1. The van der Waals surface area contributed by atoms with Gasteiger partial charge in [-0.1, -0.05) is 25.3 Å². The number of benzene rings is 1. The molecule has 1 saturated carbocycles. The number of rotatable bonds is 4. The van der Waals surface area contributed by atoms with Crippen LogP contribution >= 0.6 is 0 Å². The Balaban J connectivity index is 1.97. The highest BCUT2D eigenvalue weighted by molar-refractivity contribution is 7.92. The van der Waals surface area contributed by atoms with E-state index in [0.717, 1.165) is 37.5 Å². The first-order chi connectivity index (χ1) is 12.4. The van der Waals surface area contributed by atoms with E-state index in [0.29, 0.717) is 25.8 Å². The van der Waals surface area contributed by atoms with E-state index in [1.165, 1.54) is 0 Å². The first-order valence-electron chi connectivity index (χ1n) is 9.09. The summed E-state index contributed by atoms with van der Waals surface area (Å²) in [5.41, 5.74) is 0. The van der Waals surface area contributed by atoms with Crippen LogP contribution in [-0.2, 0) is 14.6 Å². The second-order valence-corrected chi connectivity index (χ2v) is 9.35. The summed E-state index contributed by atoms with van der Waals surface area (Å²) in [6, 6.07) is 2.96. The average molecular weight is 386 g/mol. The third-order valence-corrected chi connectivity index (χ3v) is 7.78. The van der Waals surface area contributed by atoms with Crippen LogP contribution in [0.15, 0.2) is 23.1 Å². The quantitative estimate of drug-likeness (QED) is 0.834. The SMILES string of the molecule is O=C(N[C@]1(S(=O)(=O)c2c(F)cccc2F)CCCNC1)C1CCCCC1. The van der Waals surface area contributed by atoms with Gasteiger partial charge in [0.05, 0.1) is 0 Å². The summed E-state index contributed by atoms with van der Waals surface area (Å²) in [5, 5.41) is 5.63. The summed E-state index contributed by atoms with van der Waals surface area (Å²) < 4.78 is 54.9. The summed E-state index contributed by atoms with van der Waals surface area (Å²) >= 11 is 0. The molecular weight excluding hydrogens is 362 g/mol. The predicted molar refractivity (Wildman–Crippen MR) is 93.1 cm³/mol. The number of sulfone groups is 1. The summed E-state index contributed by atoms with van der Waals surface area (Å²) in [4.78, 5) is 10.0. The number of nitrogens with one attached hydrogen (secondary N) is 2. The van der Waals surface area contributed by atoms with Gasteiger partial charge < -0.3 is 10.6 Å². The number of halogens is 2. The number of carbonyl (C=O) groups is 1. The maximum absolute atomic E-state index is 14.2. The molecule has 26 heavy (non-hydrogen) atoms. The molecule has 144 valence electrons. The molecule has 0 aromatic heterocycles. The Morgan fingerprint density at radius 1 is 1.12 bits per heavy atom. The van der Waals surface area contributed by atoms with Crippen LogP contribution in [0, 0.1) is 17.6 Å². The fraction of sp³-hybridized carbons (Fsp3) is 0.611. The van der Waals surface area contributed by atoms with Gasteiger partial charge in [-0.25, -0.2) is 17.2 Å². The molecule has 1 atom stereocenters. The van der Waals surface area contributed by atoms with E-state index in [1.807, 2.05) is 0 Å². The molecule has 0 spiro atoms. The van der Waals surface area contributed by atoms with Gasteiger partial charge in [-0.3, -0.25) is 4.79 Å². The highest BCUT2D eigenvalue weighted by Gasteiger charge is 2.49. The molecule has 1 amide bonds. The van der Waals surface area contributed by atoms with E-state index in [-0.39, 0.29) is 24.8 Å². The molecule has 8 heteroatoms. The molecule has 1 aromatic carbocycles. The van der Waals surface area contributed by atoms with Crippen LogP contribution in [0.4, 0.5) is 8.78 Å². The number of carbonyl (C=O) groups excluding carboxylic acids is 1. The van der Waals surface area contributed by atoms with Crippen molar-refractivity contribution in [3.8, 4) is 0 Å². The maximum Gasteiger partial charge on any atom is 0.224 e. The first-order valence-corrected chi connectivity index (χ1v) is 10.6. The van der Waals surface area contributed by atoms with Gasteiger partial charge in [-0.2, -0.15) is 0 Å². The lowest BCUT2D eigenvalue weighted by atomic mass is 9.88. The fourth-order valence-corrected chi connectivity index (χ4v) is 5.89. The molecule has 2 N–H and O–H groups in total. The van der Waals surface area contributed by atoms with Crippen LogP contribution in [0.5, 0.6) is 0 Å². The molecule has 2 fully saturated rings. The zero-order valence-electron chi connectivity index (χ0n) is 14.6. The lowest BCUT2D eigenvalue weighted by Gasteiger charge is -2.39. The molecular formula is C18H24F2N2O3S. The Labute approximate surface area is 152 Å². The molecule has 0 bridgehead atoms. The van der Waals surface area contributed by atoms with Crippen molar-refractivity contribution in [1.82, 2.24) is 10.6 Å². The standard InChI is InChI=1S/C18H24F2N2O3S/c19-14-8-4-9-15(20)16(14)26(24,25)18(10-5-11-21-12-18)22-17(23)13-6-2-1-3-7-13/h4,8-9,13,21H,1-3,5-7,10-12H2,(H,22,23)/t18-/m0/s1. The van der Waals surface area contributed by atoms with E-state index in [9.17, 15) is 22.0 Å². The van der Waals surface area contributed by atoms with Crippen molar-refractivity contribution < 1.29 is 22.0 Å². The molecule has 0 radical (unpaired) electrons. The van der Waals surface area contributed by atoms with Crippen molar-refractivity contribution in [3.63, 3.8) is 0 Å². The smallest absolute Gasteiger partial charge is 0.224 e. The van der Waals surface area contributed by atoms with Crippen LogP contribution in [0.25, 0.3) is 0 Å². The topological polar surface area (TPSA) is 75.3 Å². The molecule has 1 heterocycles. The van der Waals surface area contributed by atoms with Crippen molar-refractivity contribution in [3.05, 3.63) is 29.8 Å². The van der Waals surface area contributed by atoms with Crippen LogP contribution in [0.2, 0.25) is 0 Å². The molecule has 1 aliphatic carbocycles. The monoisotopic (exact) mass is 386 g/mol. The molecule has 3 rings (SSSR count). The van der Waals surface area contributed by atoms with Crippen molar-refractivity contribution >= 4 is 15.7 Å². The normalized spacial score (nSPS) is 25.0. The van der Waals surface area contributed by atoms with Gasteiger partial charge in [0.1, 0.15) is 16.5 Å². The average Bonchev–Trinajstić information content (AvgIpc) is 2.63. The first kappa shape index (κ1) is 19.2. The fourth-order valence-electron chi connectivity index (χ4n) is 3.91. The minimum absolute atomic E-state index is 0.0679. The minimum atomic E-state index is -4.46. The van der Waals surface area contributed by atoms with E-state index < -0.39 is 31.2 Å². The summed E-state index contributed by atoms with van der Waals surface area (Å²) in [5.74, 6) is -2.86. The van der Waals surface area contributed by atoms with Crippen molar-refractivity contribution in [1.29, 1.82) is 0 Å². The van der Waals surface area contributed by atoms with Crippen LogP contribution < -0.4 is 10.6 Å². The lowest BCUT2D eigenvalue weighted by Crippen LogP contribution is -2.63. The Hall–Kier alpha value is -1.54. The van der Waals surface area contributed by atoms with Crippen LogP contribution in [-0.4, -0.2) is 32.3 Å². The second kappa shape index (κ2) is 7.60. The van der Waals surface area contributed by atoms with Crippen molar-refractivity contribution in [2.24, 2.45) is 5.92 Å². The van der Waals surface area contributed by atoms with Gasteiger partial charge in [0.15, 0.2) is 4.87 Å². The van der Waals surface area contributed by atoms with Gasteiger partial charge in [0.2, 0.25) is 15.7 Å². The molecule has 0 unspecified atom stereocenters. The summed E-state index contributed by atoms with van der Waals surface area (Å²) in [7, 11) is -4.46. The largest absolute Gasteiger partial charge is 0.335 e. The van der Waals surface area contributed by atoms with Crippen molar-refractivity contribution in [2.45, 2.75) is 54.7 Å². The number of piperidine rings is 1. The lowest BCUT2D eigenvalue weighted by molar-refractivity contribution is -0.127. The van der Waals surface area contributed by atoms with E-state index in [1.54, 1.807) is 0 Å². The van der Waals surface area contributed by atoms with Gasteiger partial charge in [0.25, 0.3) is 0 Å².